The minimum Gasteiger partial charge on any atom is -0.304 e. The Hall–Kier alpha value is -1.54. The summed E-state index contributed by atoms with van der Waals surface area (Å²) in [7, 11) is -1.60. The fraction of sp³-hybridized carbons (Fsp3) is 0.105. The van der Waals surface area contributed by atoms with E-state index in [1.807, 2.05) is 12.3 Å². The van der Waals surface area contributed by atoms with Crippen LogP contribution >= 0.6 is 0 Å². The first kappa shape index (κ1) is 14.1. The molecular formula is C19H14IrNSi-. The molecule has 1 aliphatic rings. The van der Waals surface area contributed by atoms with Crippen molar-refractivity contribution in [1.82, 2.24) is 4.98 Å². The third-order valence-corrected chi connectivity index (χ3v) is 8.52. The normalized spacial score (nSPS) is 14.8. The predicted molar refractivity (Wildman–Crippen MR) is 92.3 cm³/mol. The quantitative estimate of drug-likeness (QED) is 0.215. The molecule has 0 saturated heterocycles. The molecule has 0 N–H and O–H groups in total. The molecule has 0 bridgehead atoms. The summed E-state index contributed by atoms with van der Waals surface area (Å²) in [5, 5.41) is 9.70. The monoisotopic (exact) mass is 477 g/mol. The maximum Gasteiger partial charge on any atom is 0.112 e. The maximum absolute atomic E-state index is 4.71. The first-order valence-electron chi connectivity index (χ1n) is 7.34. The number of aromatic nitrogens is 1. The van der Waals surface area contributed by atoms with Crippen LogP contribution < -0.4 is 10.4 Å². The maximum atomic E-state index is 4.71. The van der Waals surface area contributed by atoms with Crippen molar-refractivity contribution in [2.75, 3.05) is 0 Å². The fourth-order valence-electron chi connectivity index (χ4n) is 3.99. The van der Waals surface area contributed by atoms with E-state index in [1.165, 1.54) is 26.7 Å². The minimum absolute atomic E-state index is 0. The number of rotatable bonds is 0. The molecule has 2 heterocycles. The first-order valence-corrected chi connectivity index (χ1v) is 10.3. The summed E-state index contributed by atoms with van der Waals surface area (Å²) in [6.07, 6.45) is 1.98. The number of hydrogen-bond donors (Lipinski definition) is 0. The van der Waals surface area contributed by atoms with Crippen molar-refractivity contribution in [2.24, 2.45) is 0 Å². The molecule has 0 fully saturated rings. The van der Waals surface area contributed by atoms with E-state index in [0.29, 0.717) is 0 Å². The smallest absolute Gasteiger partial charge is 0.112 e. The summed E-state index contributed by atoms with van der Waals surface area (Å²) in [5.74, 6) is 0. The topological polar surface area (TPSA) is 12.9 Å². The molecule has 0 unspecified atom stereocenters. The molecule has 1 radical (unpaired) electrons. The summed E-state index contributed by atoms with van der Waals surface area (Å²) in [5.41, 5.74) is 1.13. The van der Waals surface area contributed by atoms with Gasteiger partial charge in [-0.2, -0.15) is 0 Å². The Morgan fingerprint density at radius 1 is 0.909 bits per heavy atom. The zero-order valence-corrected chi connectivity index (χ0v) is 15.8. The Morgan fingerprint density at radius 2 is 1.68 bits per heavy atom. The molecule has 0 aliphatic carbocycles. The van der Waals surface area contributed by atoms with Crippen molar-refractivity contribution < 1.29 is 20.1 Å². The average molecular weight is 477 g/mol. The van der Waals surface area contributed by atoms with Crippen LogP contribution in [0.4, 0.5) is 0 Å². The predicted octanol–water partition coefficient (Wildman–Crippen LogP) is 3.47. The van der Waals surface area contributed by atoms with Crippen LogP contribution in [-0.4, -0.2) is 13.1 Å². The SMILES string of the molecule is C[Si]1(C)c2cccc3c4ccc[c-]c4c4nccc1c4c23.[Ir]. The molecule has 0 atom stereocenters. The van der Waals surface area contributed by atoms with E-state index < -0.39 is 8.07 Å². The number of pyridine rings is 1. The van der Waals surface area contributed by atoms with Crippen molar-refractivity contribution in [3.63, 3.8) is 0 Å². The Balaban J connectivity index is 0.00000125. The molecule has 1 aliphatic heterocycles. The minimum atomic E-state index is -1.60. The van der Waals surface area contributed by atoms with Crippen LogP contribution in [0.15, 0.2) is 48.7 Å². The van der Waals surface area contributed by atoms with Crippen LogP contribution in [0.2, 0.25) is 13.1 Å². The zero-order chi connectivity index (χ0) is 14.2. The number of fused-ring (bicyclic) bond motifs is 3. The van der Waals surface area contributed by atoms with Crippen LogP contribution in [-0.2, 0) is 20.1 Å². The second-order valence-corrected chi connectivity index (χ2v) is 10.7. The van der Waals surface area contributed by atoms with E-state index in [9.17, 15) is 0 Å². The summed E-state index contributed by atoms with van der Waals surface area (Å²) < 4.78 is 0. The van der Waals surface area contributed by atoms with E-state index >= 15 is 0 Å². The first-order chi connectivity index (χ1) is 10.2. The van der Waals surface area contributed by atoms with Gasteiger partial charge in [-0.15, -0.1) is 29.7 Å². The van der Waals surface area contributed by atoms with Crippen LogP contribution in [0.25, 0.3) is 32.4 Å². The van der Waals surface area contributed by atoms with E-state index in [2.05, 4.69) is 55.6 Å². The van der Waals surface area contributed by atoms with Gasteiger partial charge in [0.05, 0.1) is 0 Å². The van der Waals surface area contributed by atoms with E-state index in [4.69, 9.17) is 4.98 Å². The van der Waals surface area contributed by atoms with Gasteiger partial charge < -0.3 is 4.98 Å². The van der Waals surface area contributed by atoms with Gasteiger partial charge in [0, 0.05) is 26.3 Å². The van der Waals surface area contributed by atoms with Gasteiger partial charge in [0.1, 0.15) is 8.07 Å². The molecule has 5 rings (SSSR count). The van der Waals surface area contributed by atoms with E-state index in [1.54, 1.807) is 5.19 Å². The molecule has 109 valence electrons. The molecule has 22 heavy (non-hydrogen) atoms. The van der Waals surface area contributed by atoms with Crippen LogP contribution in [0.5, 0.6) is 0 Å². The van der Waals surface area contributed by atoms with Gasteiger partial charge in [0.25, 0.3) is 0 Å². The Morgan fingerprint density at radius 3 is 2.55 bits per heavy atom. The van der Waals surface area contributed by atoms with Crippen molar-refractivity contribution in [2.45, 2.75) is 13.1 Å². The number of nitrogens with zero attached hydrogens (tertiary/aromatic N) is 1. The third-order valence-electron chi connectivity index (χ3n) is 5.00. The molecule has 0 spiro atoms. The van der Waals surface area contributed by atoms with E-state index in [0.717, 1.165) is 10.9 Å². The van der Waals surface area contributed by atoms with Crippen LogP contribution in [0.1, 0.15) is 0 Å². The summed E-state index contributed by atoms with van der Waals surface area (Å²) in [6, 6.07) is 18.7. The van der Waals surface area contributed by atoms with Gasteiger partial charge in [-0.1, -0.05) is 47.3 Å². The summed E-state index contributed by atoms with van der Waals surface area (Å²) in [6.45, 7) is 4.90. The second kappa shape index (κ2) is 4.48. The third kappa shape index (κ3) is 1.49. The average Bonchev–Trinajstić information content (AvgIpc) is 2.76. The molecular weight excluding hydrogens is 463 g/mol. The Kier molecular flexibility index (Phi) is 2.87. The summed E-state index contributed by atoms with van der Waals surface area (Å²) in [4.78, 5) is 4.71. The Labute approximate surface area is 143 Å². The van der Waals surface area contributed by atoms with Gasteiger partial charge in [0.2, 0.25) is 0 Å². The number of benzene rings is 3. The second-order valence-electron chi connectivity index (χ2n) is 6.39. The molecule has 3 heteroatoms. The van der Waals surface area contributed by atoms with Crippen LogP contribution in [0, 0.1) is 6.07 Å². The molecule has 1 nitrogen and oxygen atoms in total. The fourth-order valence-corrected chi connectivity index (χ4v) is 7.04. The van der Waals surface area contributed by atoms with Crippen molar-refractivity contribution >= 4 is 50.9 Å². The molecule has 4 aromatic rings. The molecule has 1 aromatic heterocycles. The Bertz CT molecular complexity index is 985. The largest absolute Gasteiger partial charge is 0.304 e. The zero-order valence-electron chi connectivity index (χ0n) is 12.4. The van der Waals surface area contributed by atoms with Crippen LogP contribution in [0.3, 0.4) is 0 Å². The van der Waals surface area contributed by atoms with Gasteiger partial charge in [-0.25, -0.2) is 0 Å². The van der Waals surface area contributed by atoms with Gasteiger partial charge in [0.15, 0.2) is 0 Å². The summed E-state index contributed by atoms with van der Waals surface area (Å²) >= 11 is 0. The van der Waals surface area contributed by atoms with E-state index in [-0.39, 0.29) is 20.1 Å². The van der Waals surface area contributed by atoms with Gasteiger partial charge >= 0.3 is 0 Å². The van der Waals surface area contributed by atoms with Gasteiger partial charge in [-0.05, 0) is 27.5 Å². The molecule has 0 saturated carbocycles. The number of hydrogen-bond acceptors (Lipinski definition) is 1. The van der Waals surface area contributed by atoms with Crippen molar-refractivity contribution in [3.8, 4) is 0 Å². The molecule has 3 aromatic carbocycles. The molecule has 0 amide bonds. The van der Waals surface area contributed by atoms with Gasteiger partial charge in [-0.3, -0.25) is 0 Å². The van der Waals surface area contributed by atoms with Crippen molar-refractivity contribution in [3.05, 3.63) is 54.7 Å². The van der Waals surface area contributed by atoms with Crippen molar-refractivity contribution in [1.29, 1.82) is 0 Å². The standard InChI is InChI=1S/C19H14NSi.Ir/c1-21(2)15-9-5-8-13-12-6-3-4-7-14(12)19-18(17(13)15)16(21)10-11-20-19;/h3-6,8-11H,1-2H3;/q-1;.